The first kappa shape index (κ1) is 12.7. The molecule has 0 radical (unpaired) electrons. The summed E-state index contributed by atoms with van der Waals surface area (Å²) in [6.07, 6.45) is 3.01. The largest absolute Gasteiger partial charge is 0.319 e. The third-order valence-electron chi connectivity index (χ3n) is 2.70. The molecule has 0 amide bonds. The number of rotatable bonds is 5. The van der Waals surface area contributed by atoms with Crippen LogP contribution >= 0.6 is 27.3 Å². The first-order valence-electron chi connectivity index (χ1n) is 5.57. The molecule has 17 heavy (non-hydrogen) atoms. The fraction of sp³-hybridized carbons (Fsp3) is 0.308. The summed E-state index contributed by atoms with van der Waals surface area (Å²) in [7, 11) is 2.00. The van der Waals surface area contributed by atoms with Crippen LogP contribution < -0.4 is 5.32 Å². The Morgan fingerprint density at radius 2 is 2.35 bits per heavy atom. The molecule has 2 aromatic rings. The highest BCUT2D eigenvalue weighted by Gasteiger charge is 2.12. The van der Waals surface area contributed by atoms with Gasteiger partial charge in [-0.25, -0.2) is 0 Å². The Kier molecular flexibility index (Phi) is 4.71. The molecule has 2 rings (SSSR count). The van der Waals surface area contributed by atoms with Crippen LogP contribution in [0, 0.1) is 0 Å². The smallest absolute Gasteiger partial charge is 0.0794 e. The molecule has 0 saturated carbocycles. The molecule has 2 nitrogen and oxygen atoms in total. The van der Waals surface area contributed by atoms with E-state index >= 15 is 0 Å². The maximum atomic E-state index is 4.14. The van der Waals surface area contributed by atoms with Crippen molar-refractivity contribution in [3.8, 4) is 0 Å². The van der Waals surface area contributed by atoms with Crippen molar-refractivity contribution in [2.75, 3.05) is 13.6 Å². The summed E-state index contributed by atoms with van der Waals surface area (Å²) in [5.74, 6) is 0.498. The molecule has 0 aliphatic rings. The van der Waals surface area contributed by atoms with Crippen LogP contribution in [0.2, 0.25) is 0 Å². The van der Waals surface area contributed by atoms with E-state index in [1.54, 1.807) is 11.3 Å². The van der Waals surface area contributed by atoms with Crippen molar-refractivity contribution in [3.05, 3.63) is 50.9 Å². The van der Waals surface area contributed by atoms with E-state index in [0.717, 1.165) is 17.4 Å². The van der Waals surface area contributed by atoms with Crippen LogP contribution in [0.3, 0.4) is 0 Å². The second-order valence-electron chi connectivity index (χ2n) is 3.98. The third kappa shape index (κ3) is 3.63. The Balaban J connectivity index is 2.16. The van der Waals surface area contributed by atoms with E-state index in [0.29, 0.717) is 5.92 Å². The van der Waals surface area contributed by atoms with Gasteiger partial charge in [-0.05, 0) is 31.2 Å². The van der Waals surface area contributed by atoms with Gasteiger partial charge in [0.1, 0.15) is 0 Å². The van der Waals surface area contributed by atoms with E-state index in [2.05, 4.69) is 50.5 Å². The molecule has 0 spiro atoms. The van der Waals surface area contributed by atoms with Gasteiger partial charge in [0, 0.05) is 28.0 Å². The van der Waals surface area contributed by atoms with E-state index in [1.165, 1.54) is 10.4 Å². The number of nitrogens with one attached hydrogen (secondary N) is 1. The molecule has 0 bridgehead atoms. The lowest BCUT2D eigenvalue weighted by Crippen LogP contribution is -2.18. The summed E-state index contributed by atoms with van der Waals surface area (Å²) in [4.78, 5) is 5.47. The number of thiazole rings is 1. The average Bonchev–Trinajstić information content (AvgIpc) is 2.81. The van der Waals surface area contributed by atoms with Crippen molar-refractivity contribution < 1.29 is 0 Å². The van der Waals surface area contributed by atoms with Gasteiger partial charge in [-0.2, -0.15) is 0 Å². The van der Waals surface area contributed by atoms with Crippen molar-refractivity contribution in [1.82, 2.24) is 10.3 Å². The second kappa shape index (κ2) is 6.28. The summed E-state index contributed by atoms with van der Waals surface area (Å²) in [5.41, 5.74) is 3.26. The van der Waals surface area contributed by atoms with Gasteiger partial charge in [0.25, 0.3) is 0 Å². The van der Waals surface area contributed by atoms with E-state index in [1.807, 2.05) is 18.8 Å². The van der Waals surface area contributed by atoms with Gasteiger partial charge in [0.2, 0.25) is 0 Å². The zero-order chi connectivity index (χ0) is 12.1. The minimum atomic E-state index is 0.498. The van der Waals surface area contributed by atoms with Gasteiger partial charge in [-0.15, -0.1) is 11.3 Å². The summed E-state index contributed by atoms with van der Waals surface area (Å²) >= 11 is 5.25. The lowest BCUT2D eigenvalue weighted by Gasteiger charge is -2.16. The van der Waals surface area contributed by atoms with Gasteiger partial charge in [0.05, 0.1) is 5.51 Å². The highest BCUT2D eigenvalue weighted by atomic mass is 79.9. The molecule has 90 valence electrons. The van der Waals surface area contributed by atoms with Gasteiger partial charge in [0.15, 0.2) is 0 Å². The van der Waals surface area contributed by atoms with E-state index in [-0.39, 0.29) is 0 Å². The van der Waals surface area contributed by atoms with Crippen LogP contribution in [0.4, 0.5) is 0 Å². The normalized spacial score (nSPS) is 12.6. The summed E-state index contributed by atoms with van der Waals surface area (Å²) in [5, 5.41) is 3.27. The zero-order valence-corrected chi connectivity index (χ0v) is 12.1. The molecule has 1 unspecified atom stereocenters. The molecular formula is C13H15BrN2S. The molecule has 4 heteroatoms. The van der Waals surface area contributed by atoms with Crippen molar-refractivity contribution in [2.45, 2.75) is 12.3 Å². The number of halogens is 1. The van der Waals surface area contributed by atoms with Crippen LogP contribution in [0.5, 0.6) is 0 Å². The van der Waals surface area contributed by atoms with Crippen LogP contribution in [0.1, 0.15) is 16.4 Å². The maximum absolute atomic E-state index is 4.14. The molecule has 1 atom stereocenters. The van der Waals surface area contributed by atoms with Gasteiger partial charge in [-0.1, -0.05) is 28.1 Å². The molecule has 1 N–H and O–H groups in total. The Morgan fingerprint density at radius 1 is 1.47 bits per heavy atom. The molecule has 1 heterocycles. The first-order chi connectivity index (χ1) is 8.29. The third-order valence-corrected chi connectivity index (χ3v) is 4.00. The van der Waals surface area contributed by atoms with E-state index in [9.17, 15) is 0 Å². The van der Waals surface area contributed by atoms with E-state index in [4.69, 9.17) is 0 Å². The summed E-state index contributed by atoms with van der Waals surface area (Å²) < 4.78 is 1.14. The molecule has 1 aromatic carbocycles. The Morgan fingerprint density at radius 3 is 3.00 bits per heavy atom. The summed E-state index contributed by atoms with van der Waals surface area (Å²) in [6, 6.07) is 8.54. The van der Waals surface area contributed by atoms with Gasteiger partial charge < -0.3 is 5.32 Å². The maximum Gasteiger partial charge on any atom is 0.0794 e. The van der Waals surface area contributed by atoms with Crippen LogP contribution in [0.15, 0.2) is 40.4 Å². The monoisotopic (exact) mass is 310 g/mol. The minimum absolute atomic E-state index is 0.498. The van der Waals surface area contributed by atoms with Crippen LogP contribution in [0.25, 0.3) is 0 Å². The second-order valence-corrected chi connectivity index (χ2v) is 5.87. The zero-order valence-electron chi connectivity index (χ0n) is 9.69. The molecule has 0 aliphatic carbocycles. The first-order valence-corrected chi connectivity index (χ1v) is 7.24. The van der Waals surface area contributed by atoms with E-state index < -0.39 is 0 Å². The SMILES string of the molecule is CNCC(Cc1cncs1)c1cccc(Br)c1. The van der Waals surface area contributed by atoms with Crippen molar-refractivity contribution in [3.63, 3.8) is 0 Å². The van der Waals surface area contributed by atoms with Gasteiger partial charge in [-0.3, -0.25) is 4.98 Å². The number of hydrogen-bond donors (Lipinski definition) is 1. The van der Waals surface area contributed by atoms with Crippen LogP contribution in [-0.4, -0.2) is 18.6 Å². The molecular weight excluding hydrogens is 296 g/mol. The fourth-order valence-corrected chi connectivity index (χ4v) is 2.99. The lowest BCUT2D eigenvalue weighted by molar-refractivity contribution is 0.629. The topological polar surface area (TPSA) is 24.9 Å². The summed E-state index contributed by atoms with van der Waals surface area (Å²) in [6.45, 7) is 0.981. The average molecular weight is 311 g/mol. The highest BCUT2D eigenvalue weighted by Crippen LogP contribution is 2.24. The standard InChI is InChI=1S/C13H15BrN2S/c1-15-7-11(6-13-8-16-9-17-13)10-3-2-4-12(14)5-10/h2-5,8-9,11,15H,6-7H2,1H3. The molecule has 1 aromatic heterocycles. The quantitative estimate of drug-likeness (QED) is 0.915. The number of nitrogens with zero attached hydrogens (tertiary/aromatic N) is 1. The van der Waals surface area contributed by atoms with Crippen molar-refractivity contribution >= 4 is 27.3 Å². The number of benzene rings is 1. The van der Waals surface area contributed by atoms with Gasteiger partial charge >= 0.3 is 0 Å². The Labute approximate surface area is 114 Å². The molecule has 0 saturated heterocycles. The van der Waals surface area contributed by atoms with Crippen molar-refractivity contribution in [2.24, 2.45) is 0 Å². The predicted octanol–water partition coefficient (Wildman–Crippen LogP) is 3.45. The predicted molar refractivity (Wildman–Crippen MR) is 76.6 cm³/mol. The van der Waals surface area contributed by atoms with Crippen LogP contribution in [-0.2, 0) is 6.42 Å². The Hall–Kier alpha value is -0.710. The minimum Gasteiger partial charge on any atom is -0.319 e. The molecule has 0 fully saturated rings. The number of aromatic nitrogens is 1. The molecule has 0 aliphatic heterocycles. The lowest BCUT2D eigenvalue weighted by atomic mass is 9.95. The Bertz CT molecular complexity index is 456. The number of likely N-dealkylation sites (N-methyl/N-ethyl adjacent to an activating group) is 1. The number of hydrogen-bond acceptors (Lipinski definition) is 3. The highest BCUT2D eigenvalue weighted by molar-refractivity contribution is 9.10. The fourth-order valence-electron chi connectivity index (χ4n) is 1.90. The van der Waals surface area contributed by atoms with Crippen molar-refractivity contribution in [1.29, 1.82) is 0 Å².